The minimum Gasteiger partial charge on any atom is -0.385 e. The molecule has 9 nitrogen and oxygen atoms in total. The topological polar surface area (TPSA) is 112 Å². The normalized spacial score (nSPS) is 14.1. The fourth-order valence-electron chi connectivity index (χ4n) is 4.59. The molecule has 5 rings (SSSR count). The first kappa shape index (κ1) is 26.4. The Labute approximate surface area is 221 Å². The van der Waals surface area contributed by atoms with E-state index >= 15 is 0 Å². The van der Waals surface area contributed by atoms with E-state index in [9.17, 15) is 22.8 Å². The van der Waals surface area contributed by atoms with Crippen molar-refractivity contribution in [3.8, 4) is 11.5 Å². The number of nitrogens with zero attached hydrogens (tertiary/aromatic N) is 5. The Balaban J connectivity index is 1.70. The molecule has 39 heavy (non-hydrogen) atoms. The fraction of sp³-hybridized carbons (Fsp3) is 0.333. The van der Waals surface area contributed by atoms with Crippen molar-refractivity contribution in [1.29, 1.82) is 0 Å². The highest BCUT2D eigenvalue weighted by Crippen LogP contribution is 2.40. The average Bonchev–Trinajstić information content (AvgIpc) is 3.34. The van der Waals surface area contributed by atoms with Crippen molar-refractivity contribution in [2.24, 2.45) is 0 Å². The molecule has 0 atom stereocenters. The number of aryl methyl sites for hydroxylation is 1. The number of carbonyl (C=O) groups is 2. The van der Waals surface area contributed by atoms with E-state index in [1.165, 1.54) is 36.9 Å². The summed E-state index contributed by atoms with van der Waals surface area (Å²) in [7, 11) is 1.53. The summed E-state index contributed by atoms with van der Waals surface area (Å²) in [6.45, 7) is 4.96. The molecule has 1 N–H and O–H groups in total. The van der Waals surface area contributed by atoms with Crippen LogP contribution in [0.5, 0.6) is 0 Å². The van der Waals surface area contributed by atoms with Gasteiger partial charge in [-0.25, -0.2) is 32.8 Å². The van der Waals surface area contributed by atoms with Gasteiger partial charge in [-0.2, -0.15) is 5.10 Å². The van der Waals surface area contributed by atoms with Crippen LogP contribution in [0.1, 0.15) is 54.0 Å². The van der Waals surface area contributed by atoms with Gasteiger partial charge in [-0.1, -0.05) is 12.1 Å². The van der Waals surface area contributed by atoms with E-state index in [4.69, 9.17) is 4.74 Å². The first-order valence-corrected chi connectivity index (χ1v) is 12.3. The number of Topliss-reactive ketones (excluding diaryl/α,β-unsaturated/α-hetero) is 1. The molecule has 202 valence electrons. The van der Waals surface area contributed by atoms with Gasteiger partial charge in [0.05, 0.1) is 23.0 Å². The number of fused-ring (bicyclic) bond motifs is 2. The molecule has 3 aromatic heterocycles. The molecular weight excluding hydrogens is 513 g/mol. The van der Waals surface area contributed by atoms with Crippen molar-refractivity contribution in [3.05, 3.63) is 64.2 Å². The van der Waals surface area contributed by atoms with Crippen molar-refractivity contribution in [2.75, 3.05) is 19.0 Å². The third-order valence-corrected chi connectivity index (χ3v) is 6.77. The minimum atomic E-state index is -1.07. The highest BCUT2D eigenvalue weighted by molar-refractivity contribution is 6.09. The second kappa shape index (κ2) is 9.84. The van der Waals surface area contributed by atoms with Gasteiger partial charge in [-0.05, 0) is 39.3 Å². The Bertz CT molecular complexity index is 1650. The predicted molar refractivity (Wildman–Crippen MR) is 136 cm³/mol. The van der Waals surface area contributed by atoms with Gasteiger partial charge in [0.1, 0.15) is 23.0 Å². The standard InChI is InChI=1S/C27H25F3N6O3/c1-13-17(29)11-15-21(35-36(25(15)31-13)12-14-7-5-8-16(28)20(14)30)24-32-22(18(37)9-6-10-39-4)19-23(33-24)34-26(38)27(19,2)3/h5,7-8,11H,6,9-10,12H2,1-4H3,(H,32,33,34,38). The lowest BCUT2D eigenvalue weighted by molar-refractivity contribution is -0.119. The SMILES string of the molecule is COCCCC(=O)c1nc(-c2nn(Cc3cccc(F)c3F)c3nc(C)c(F)cc23)nc2c1C(C)(C)C(=O)N2. The molecule has 4 heterocycles. The molecule has 0 fully saturated rings. The number of carbonyl (C=O) groups excluding carboxylic acids is 2. The van der Waals surface area contributed by atoms with Crippen molar-refractivity contribution < 1.29 is 27.5 Å². The second-order valence-corrected chi connectivity index (χ2v) is 9.86. The van der Waals surface area contributed by atoms with Gasteiger partial charge in [-0.3, -0.25) is 9.59 Å². The first-order chi connectivity index (χ1) is 18.5. The van der Waals surface area contributed by atoms with Crippen LogP contribution in [0.2, 0.25) is 0 Å². The van der Waals surface area contributed by atoms with E-state index in [2.05, 4.69) is 25.4 Å². The maximum absolute atomic E-state index is 14.7. The van der Waals surface area contributed by atoms with Gasteiger partial charge < -0.3 is 10.1 Å². The fourth-order valence-corrected chi connectivity index (χ4v) is 4.59. The molecule has 1 aliphatic rings. The lowest BCUT2D eigenvalue weighted by atomic mass is 9.84. The Morgan fingerprint density at radius 2 is 1.90 bits per heavy atom. The number of halogens is 3. The first-order valence-electron chi connectivity index (χ1n) is 12.3. The summed E-state index contributed by atoms with van der Waals surface area (Å²) in [5.74, 6) is -3.23. The van der Waals surface area contributed by atoms with Crippen molar-refractivity contribution in [3.63, 3.8) is 0 Å². The van der Waals surface area contributed by atoms with Crippen LogP contribution >= 0.6 is 0 Å². The van der Waals surface area contributed by atoms with Crippen LogP contribution in [0.3, 0.4) is 0 Å². The van der Waals surface area contributed by atoms with Gasteiger partial charge in [0, 0.05) is 31.3 Å². The van der Waals surface area contributed by atoms with E-state index in [1.807, 2.05) is 0 Å². The number of ketones is 1. The number of pyridine rings is 1. The number of hydrogen-bond acceptors (Lipinski definition) is 7. The molecule has 0 aliphatic carbocycles. The Morgan fingerprint density at radius 1 is 1.13 bits per heavy atom. The van der Waals surface area contributed by atoms with Crippen LogP contribution < -0.4 is 5.32 Å². The van der Waals surface area contributed by atoms with Crippen LogP contribution in [0.25, 0.3) is 22.6 Å². The van der Waals surface area contributed by atoms with Gasteiger partial charge >= 0.3 is 0 Å². The maximum Gasteiger partial charge on any atom is 0.235 e. The molecule has 0 unspecified atom stereocenters. The number of amides is 1. The van der Waals surface area contributed by atoms with Crippen LogP contribution in [0, 0.1) is 24.4 Å². The lowest BCUT2D eigenvalue weighted by Crippen LogP contribution is -2.28. The molecule has 1 aliphatic heterocycles. The Morgan fingerprint density at radius 3 is 2.64 bits per heavy atom. The van der Waals surface area contributed by atoms with E-state index < -0.39 is 22.9 Å². The van der Waals surface area contributed by atoms with Crippen LogP contribution in [0.15, 0.2) is 24.3 Å². The zero-order chi connectivity index (χ0) is 28.1. The highest BCUT2D eigenvalue weighted by Gasteiger charge is 2.44. The molecule has 0 saturated heterocycles. The zero-order valence-electron chi connectivity index (χ0n) is 21.7. The van der Waals surface area contributed by atoms with Crippen LogP contribution in [0.4, 0.5) is 19.0 Å². The second-order valence-electron chi connectivity index (χ2n) is 9.86. The molecule has 1 amide bonds. The van der Waals surface area contributed by atoms with E-state index in [1.54, 1.807) is 13.8 Å². The third kappa shape index (κ3) is 4.54. The van der Waals surface area contributed by atoms with Gasteiger partial charge in [0.2, 0.25) is 5.91 Å². The quantitative estimate of drug-likeness (QED) is 0.260. The van der Waals surface area contributed by atoms with Crippen LogP contribution in [-0.2, 0) is 21.5 Å². The number of benzene rings is 1. The third-order valence-electron chi connectivity index (χ3n) is 6.77. The number of anilines is 1. The molecule has 0 saturated carbocycles. The van der Waals surface area contributed by atoms with Gasteiger partial charge in [0.25, 0.3) is 0 Å². The Kier molecular flexibility index (Phi) is 6.67. The number of nitrogens with one attached hydrogen (secondary N) is 1. The van der Waals surface area contributed by atoms with E-state index in [-0.39, 0.29) is 70.0 Å². The summed E-state index contributed by atoms with van der Waals surface area (Å²) in [5, 5.41) is 7.41. The van der Waals surface area contributed by atoms with E-state index in [0.717, 1.165) is 6.07 Å². The number of rotatable bonds is 8. The molecule has 0 radical (unpaired) electrons. The summed E-state index contributed by atoms with van der Waals surface area (Å²) in [6.07, 6.45) is 0.556. The summed E-state index contributed by atoms with van der Waals surface area (Å²) >= 11 is 0. The molecule has 12 heteroatoms. The summed E-state index contributed by atoms with van der Waals surface area (Å²) in [5.41, 5.74) is -0.310. The monoisotopic (exact) mass is 538 g/mol. The largest absolute Gasteiger partial charge is 0.385 e. The number of methoxy groups -OCH3 is 1. The minimum absolute atomic E-state index is 0.00706. The number of aromatic nitrogens is 5. The average molecular weight is 539 g/mol. The highest BCUT2D eigenvalue weighted by atomic mass is 19.2. The van der Waals surface area contributed by atoms with Crippen molar-refractivity contribution in [2.45, 2.75) is 45.6 Å². The molecule has 0 bridgehead atoms. The number of hydrogen-bond donors (Lipinski definition) is 1. The molecular formula is C27H25F3N6O3. The summed E-state index contributed by atoms with van der Waals surface area (Å²) < 4.78 is 49.4. The van der Waals surface area contributed by atoms with Crippen molar-refractivity contribution in [1.82, 2.24) is 24.7 Å². The van der Waals surface area contributed by atoms with Crippen LogP contribution in [-0.4, -0.2) is 50.1 Å². The summed E-state index contributed by atoms with van der Waals surface area (Å²) in [6, 6.07) is 4.98. The number of ether oxygens (including phenoxy) is 1. The van der Waals surface area contributed by atoms with E-state index in [0.29, 0.717) is 18.6 Å². The predicted octanol–water partition coefficient (Wildman–Crippen LogP) is 4.50. The Hall–Kier alpha value is -4.19. The molecule has 0 spiro atoms. The van der Waals surface area contributed by atoms with Gasteiger partial charge in [0.15, 0.2) is 28.9 Å². The van der Waals surface area contributed by atoms with Crippen molar-refractivity contribution >= 4 is 28.5 Å². The molecule has 1 aromatic carbocycles. The van der Waals surface area contributed by atoms with Gasteiger partial charge in [-0.15, -0.1) is 0 Å². The summed E-state index contributed by atoms with van der Waals surface area (Å²) in [4.78, 5) is 39.3. The zero-order valence-corrected chi connectivity index (χ0v) is 21.7. The smallest absolute Gasteiger partial charge is 0.235 e. The maximum atomic E-state index is 14.7. The molecule has 4 aromatic rings. The lowest BCUT2D eigenvalue weighted by Gasteiger charge is -2.17.